The van der Waals surface area contributed by atoms with Crippen molar-refractivity contribution in [3.63, 3.8) is 0 Å². The highest BCUT2D eigenvalue weighted by molar-refractivity contribution is 6.30. The van der Waals surface area contributed by atoms with Crippen molar-refractivity contribution < 1.29 is 5.11 Å². The average molecular weight is 220 g/mol. The van der Waals surface area contributed by atoms with Gasteiger partial charge in [0.05, 0.1) is 5.69 Å². The van der Waals surface area contributed by atoms with Crippen LogP contribution in [0.2, 0.25) is 5.02 Å². The predicted octanol–water partition coefficient (Wildman–Crippen LogP) is 2.82. The standard InChI is InChI=1S/C12H10ClNO/c13-10-5-3-4-9(8-10)12(15)11-6-1-2-7-14-11/h1-8,12,15H/t12-/m0/s1. The van der Waals surface area contributed by atoms with Crippen molar-refractivity contribution in [1.29, 1.82) is 0 Å². The van der Waals surface area contributed by atoms with E-state index in [2.05, 4.69) is 4.98 Å². The first kappa shape index (κ1) is 10.1. The lowest BCUT2D eigenvalue weighted by molar-refractivity contribution is 0.215. The van der Waals surface area contributed by atoms with E-state index >= 15 is 0 Å². The second kappa shape index (κ2) is 4.43. The molecule has 1 N–H and O–H groups in total. The number of rotatable bonds is 2. The number of benzene rings is 1. The zero-order valence-corrected chi connectivity index (χ0v) is 8.72. The summed E-state index contributed by atoms with van der Waals surface area (Å²) >= 11 is 5.84. The Morgan fingerprint density at radius 3 is 2.67 bits per heavy atom. The second-order valence-electron chi connectivity index (χ2n) is 3.21. The van der Waals surface area contributed by atoms with Gasteiger partial charge in [-0.05, 0) is 29.8 Å². The average Bonchev–Trinajstić information content (AvgIpc) is 2.29. The van der Waals surface area contributed by atoms with Crippen LogP contribution in [0, 0.1) is 0 Å². The molecule has 3 heteroatoms. The molecule has 76 valence electrons. The van der Waals surface area contributed by atoms with Crippen LogP contribution in [0.5, 0.6) is 0 Å². The van der Waals surface area contributed by atoms with Crippen molar-refractivity contribution in [1.82, 2.24) is 4.98 Å². The van der Waals surface area contributed by atoms with Gasteiger partial charge >= 0.3 is 0 Å². The predicted molar refractivity (Wildman–Crippen MR) is 59.8 cm³/mol. The van der Waals surface area contributed by atoms with Gasteiger partial charge in [-0.1, -0.05) is 29.8 Å². The molecule has 0 unspecified atom stereocenters. The van der Waals surface area contributed by atoms with Gasteiger partial charge in [0.25, 0.3) is 0 Å². The molecule has 2 rings (SSSR count). The SMILES string of the molecule is O[C@@H](c1cccc(Cl)c1)c1ccccn1. The second-order valence-corrected chi connectivity index (χ2v) is 3.65. The van der Waals surface area contributed by atoms with Crippen molar-refractivity contribution in [3.8, 4) is 0 Å². The van der Waals surface area contributed by atoms with Gasteiger partial charge in [0.1, 0.15) is 6.10 Å². The summed E-state index contributed by atoms with van der Waals surface area (Å²) in [5.41, 5.74) is 1.38. The Morgan fingerprint density at radius 2 is 2.00 bits per heavy atom. The molecule has 0 aliphatic heterocycles. The van der Waals surface area contributed by atoms with Crippen LogP contribution in [0.25, 0.3) is 0 Å². The first-order valence-electron chi connectivity index (χ1n) is 4.62. The van der Waals surface area contributed by atoms with E-state index in [0.29, 0.717) is 10.7 Å². The summed E-state index contributed by atoms with van der Waals surface area (Å²) in [7, 11) is 0. The van der Waals surface area contributed by atoms with Crippen LogP contribution in [0.3, 0.4) is 0 Å². The summed E-state index contributed by atoms with van der Waals surface area (Å²) in [5, 5.41) is 10.6. The largest absolute Gasteiger partial charge is 0.382 e. The third-order valence-corrected chi connectivity index (χ3v) is 2.37. The molecule has 0 aliphatic rings. The van der Waals surface area contributed by atoms with E-state index in [1.807, 2.05) is 24.3 Å². The molecule has 2 aromatic rings. The number of halogens is 1. The van der Waals surface area contributed by atoms with Crippen molar-refractivity contribution in [2.24, 2.45) is 0 Å². The van der Waals surface area contributed by atoms with Gasteiger partial charge < -0.3 is 5.11 Å². The Bertz CT molecular complexity index is 444. The Labute approximate surface area is 93.2 Å². The number of hydrogen-bond donors (Lipinski definition) is 1. The van der Waals surface area contributed by atoms with Crippen LogP contribution in [0.15, 0.2) is 48.7 Å². The molecule has 0 bridgehead atoms. The molecule has 0 aliphatic carbocycles. The molecule has 0 saturated carbocycles. The van der Waals surface area contributed by atoms with E-state index < -0.39 is 6.10 Å². The maximum Gasteiger partial charge on any atom is 0.121 e. The third kappa shape index (κ3) is 2.35. The highest BCUT2D eigenvalue weighted by Gasteiger charge is 2.10. The smallest absolute Gasteiger partial charge is 0.121 e. The molecular weight excluding hydrogens is 210 g/mol. The summed E-state index contributed by atoms with van der Waals surface area (Å²) < 4.78 is 0. The van der Waals surface area contributed by atoms with Crippen molar-refractivity contribution in [3.05, 3.63) is 64.9 Å². The Kier molecular flexibility index (Phi) is 2.99. The minimum atomic E-state index is -0.718. The van der Waals surface area contributed by atoms with E-state index in [-0.39, 0.29) is 0 Å². The topological polar surface area (TPSA) is 33.1 Å². The molecule has 1 heterocycles. The number of aromatic nitrogens is 1. The first-order chi connectivity index (χ1) is 7.27. The molecule has 1 atom stereocenters. The third-order valence-electron chi connectivity index (χ3n) is 2.13. The van der Waals surface area contributed by atoms with Crippen LogP contribution in [0.1, 0.15) is 17.4 Å². The summed E-state index contributed by atoms with van der Waals surface area (Å²) in [5.74, 6) is 0. The summed E-state index contributed by atoms with van der Waals surface area (Å²) in [4.78, 5) is 4.09. The maximum atomic E-state index is 10.00. The van der Waals surface area contributed by atoms with E-state index in [0.717, 1.165) is 5.56 Å². The molecule has 0 fully saturated rings. The lowest BCUT2D eigenvalue weighted by atomic mass is 10.1. The van der Waals surface area contributed by atoms with E-state index in [1.165, 1.54) is 0 Å². The highest BCUT2D eigenvalue weighted by atomic mass is 35.5. The van der Waals surface area contributed by atoms with Gasteiger partial charge in [0.2, 0.25) is 0 Å². The van der Waals surface area contributed by atoms with Crippen LogP contribution < -0.4 is 0 Å². The van der Waals surface area contributed by atoms with Crippen LogP contribution in [-0.2, 0) is 0 Å². The molecular formula is C12H10ClNO. The van der Waals surface area contributed by atoms with Gasteiger partial charge in [0.15, 0.2) is 0 Å². The minimum Gasteiger partial charge on any atom is -0.382 e. The van der Waals surface area contributed by atoms with Crippen molar-refractivity contribution in [2.45, 2.75) is 6.10 Å². The molecule has 15 heavy (non-hydrogen) atoms. The minimum absolute atomic E-state index is 0.613. The molecule has 1 aromatic heterocycles. The maximum absolute atomic E-state index is 10.00. The zero-order chi connectivity index (χ0) is 10.7. The van der Waals surface area contributed by atoms with Crippen LogP contribution in [-0.4, -0.2) is 10.1 Å². The van der Waals surface area contributed by atoms with Crippen molar-refractivity contribution >= 4 is 11.6 Å². The Balaban J connectivity index is 2.32. The van der Waals surface area contributed by atoms with Crippen molar-refractivity contribution in [2.75, 3.05) is 0 Å². The Morgan fingerprint density at radius 1 is 1.13 bits per heavy atom. The molecule has 0 radical (unpaired) electrons. The quantitative estimate of drug-likeness (QED) is 0.843. The number of aliphatic hydroxyl groups excluding tert-OH is 1. The lowest BCUT2D eigenvalue weighted by Gasteiger charge is -2.10. The fraction of sp³-hybridized carbons (Fsp3) is 0.0833. The summed E-state index contributed by atoms with van der Waals surface area (Å²) in [6.07, 6.45) is 0.938. The van der Waals surface area contributed by atoms with Crippen LogP contribution >= 0.6 is 11.6 Å². The summed E-state index contributed by atoms with van der Waals surface area (Å²) in [6, 6.07) is 12.6. The van der Waals surface area contributed by atoms with E-state index in [4.69, 9.17) is 11.6 Å². The summed E-state index contributed by atoms with van der Waals surface area (Å²) in [6.45, 7) is 0. The van der Waals surface area contributed by atoms with Gasteiger partial charge in [-0.25, -0.2) is 0 Å². The molecule has 0 spiro atoms. The van der Waals surface area contributed by atoms with E-state index in [9.17, 15) is 5.11 Å². The van der Waals surface area contributed by atoms with Gasteiger partial charge in [-0.2, -0.15) is 0 Å². The molecule has 1 aromatic carbocycles. The zero-order valence-electron chi connectivity index (χ0n) is 7.97. The van der Waals surface area contributed by atoms with Crippen LogP contribution in [0.4, 0.5) is 0 Å². The van der Waals surface area contributed by atoms with Gasteiger partial charge in [-0.15, -0.1) is 0 Å². The lowest BCUT2D eigenvalue weighted by Crippen LogP contribution is -2.01. The Hall–Kier alpha value is -1.38. The number of hydrogen-bond acceptors (Lipinski definition) is 2. The van der Waals surface area contributed by atoms with E-state index in [1.54, 1.807) is 24.4 Å². The fourth-order valence-electron chi connectivity index (χ4n) is 1.39. The van der Waals surface area contributed by atoms with Gasteiger partial charge in [0, 0.05) is 11.2 Å². The first-order valence-corrected chi connectivity index (χ1v) is 4.99. The molecule has 2 nitrogen and oxygen atoms in total. The van der Waals surface area contributed by atoms with Gasteiger partial charge in [-0.3, -0.25) is 4.98 Å². The fourth-order valence-corrected chi connectivity index (χ4v) is 1.58. The molecule has 0 amide bonds. The highest BCUT2D eigenvalue weighted by Crippen LogP contribution is 2.22. The number of nitrogens with zero attached hydrogens (tertiary/aromatic N) is 1. The molecule has 0 saturated heterocycles. The number of aliphatic hydroxyl groups is 1. The number of pyridine rings is 1. The normalized spacial score (nSPS) is 12.4. The monoisotopic (exact) mass is 219 g/mol.